The first kappa shape index (κ1) is 10.2. The van der Waals surface area contributed by atoms with Crippen molar-refractivity contribution in [2.75, 3.05) is 0 Å². The predicted octanol–water partition coefficient (Wildman–Crippen LogP) is 3.60. The molecule has 0 amide bonds. The molecule has 0 aliphatic carbocycles. The van der Waals surface area contributed by atoms with Crippen LogP contribution in [0.1, 0.15) is 13.8 Å². The van der Waals surface area contributed by atoms with E-state index in [0.717, 1.165) is 10.6 Å². The van der Waals surface area contributed by atoms with E-state index in [1.165, 1.54) is 0 Å². The predicted molar refractivity (Wildman–Crippen MR) is 63.3 cm³/mol. The van der Waals surface area contributed by atoms with Crippen LogP contribution in [0.2, 0.25) is 0 Å². The molecule has 0 fully saturated rings. The van der Waals surface area contributed by atoms with Crippen LogP contribution in [0.25, 0.3) is 10.6 Å². The highest BCUT2D eigenvalue weighted by Gasteiger charge is 2.05. The topological polar surface area (TPSA) is 22.1 Å². The third-order valence-corrected chi connectivity index (χ3v) is 2.73. The highest BCUT2D eigenvalue weighted by atomic mass is 32.1. The Hall–Kier alpha value is -1.35. The van der Waals surface area contributed by atoms with Crippen LogP contribution in [0.3, 0.4) is 0 Å². The summed E-state index contributed by atoms with van der Waals surface area (Å²) in [5.74, 6) is 0.717. The van der Waals surface area contributed by atoms with E-state index in [1.807, 2.05) is 37.4 Å². The van der Waals surface area contributed by atoms with Gasteiger partial charge >= 0.3 is 0 Å². The van der Waals surface area contributed by atoms with E-state index in [4.69, 9.17) is 4.74 Å². The van der Waals surface area contributed by atoms with Crippen molar-refractivity contribution in [1.82, 2.24) is 4.98 Å². The maximum absolute atomic E-state index is 5.52. The molecule has 0 aliphatic rings. The van der Waals surface area contributed by atoms with E-state index in [1.54, 1.807) is 11.3 Å². The van der Waals surface area contributed by atoms with E-state index < -0.39 is 0 Å². The highest BCUT2D eigenvalue weighted by molar-refractivity contribution is 7.13. The third-order valence-electron chi connectivity index (χ3n) is 1.86. The summed E-state index contributed by atoms with van der Waals surface area (Å²) < 4.78 is 5.52. The second-order valence-corrected chi connectivity index (χ2v) is 4.38. The maximum Gasteiger partial charge on any atom is 0.225 e. The van der Waals surface area contributed by atoms with E-state index in [9.17, 15) is 0 Å². The van der Waals surface area contributed by atoms with Gasteiger partial charge in [-0.1, -0.05) is 30.3 Å². The Balaban J connectivity index is 2.21. The molecular formula is C12H13NOS. The van der Waals surface area contributed by atoms with Crippen molar-refractivity contribution in [3.8, 4) is 16.5 Å². The lowest BCUT2D eigenvalue weighted by molar-refractivity contribution is 0.234. The van der Waals surface area contributed by atoms with Crippen LogP contribution >= 0.6 is 11.3 Å². The Morgan fingerprint density at radius 1 is 1.20 bits per heavy atom. The first-order valence-corrected chi connectivity index (χ1v) is 5.81. The van der Waals surface area contributed by atoms with Crippen LogP contribution in [0.5, 0.6) is 5.88 Å². The monoisotopic (exact) mass is 219 g/mol. The Bertz CT molecular complexity index is 422. The number of aromatic nitrogens is 1. The minimum Gasteiger partial charge on any atom is -0.474 e. The zero-order valence-electron chi connectivity index (χ0n) is 8.81. The summed E-state index contributed by atoms with van der Waals surface area (Å²) in [4.78, 5) is 4.42. The van der Waals surface area contributed by atoms with Gasteiger partial charge in [0.05, 0.1) is 11.5 Å². The summed E-state index contributed by atoms with van der Waals surface area (Å²) in [6.07, 6.45) is 0.177. The van der Waals surface area contributed by atoms with Crippen molar-refractivity contribution >= 4 is 11.3 Å². The van der Waals surface area contributed by atoms with Crippen LogP contribution in [-0.4, -0.2) is 11.1 Å². The van der Waals surface area contributed by atoms with Gasteiger partial charge in [0.2, 0.25) is 5.88 Å². The van der Waals surface area contributed by atoms with Gasteiger partial charge in [0.1, 0.15) is 5.01 Å². The Morgan fingerprint density at radius 3 is 2.60 bits per heavy atom. The molecule has 0 aliphatic heterocycles. The molecule has 0 spiro atoms. The Morgan fingerprint density at radius 2 is 1.93 bits per heavy atom. The second-order valence-electron chi connectivity index (χ2n) is 3.52. The molecule has 2 nitrogen and oxygen atoms in total. The molecular weight excluding hydrogens is 206 g/mol. The Labute approximate surface area is 93.6 Å². The first-order chi connectivity index (χ1) is 7.25. The minimum absolute atomic E-state index is 0.177. The molecule has 2 rings (SSSR count). The second kappa shape index (κ2) is 4.45. The number of nitrogens with zero attached hydrogens (tertiary/aromatic N) is 1. The van der Waals surface area contributed by atoms with Gasteiger partial charge in [-0.05, 0) is 13.8 Å². The molecule has 1 aromatic carbocycles. The summed E-state index contributed by atoms with van der Waals surface area (Å²) in [5, 5.41) is 2.95. The first-order valence-electron chi connectivity index (χ1n) is 4.93. The lowest BCUT2D eigenvalue weighted by Crippen LogP contribution is -2.05. The largest absolute Gasteiger partial charge is 0.474 e. The van der Waals surface area contributed by atoms with Gasteiger partial charge in [0.15, 0.2) is 0 Å². The number of hydrogen-bond acceptors (Lipinski definition) is 3. The fraction of sp³-hybridized carbons (Fsp3) is 0.250. The zero-order valence-corrected chi connectivity index (χ0v) is 9.62. The summed E-state index contributed by atoms with van der Waals surface area (Å²) in [7, 11) is 0. The quantitative estimate of drug-likeness (QED) is 0.787. The van der Waals surface area contributed by atoms with Crippen molar-refractivity contribution in [2.45, 2.75) is 20.0 Å². The summed E-state index contributed by atoms with van der Waals surface area (Å²) in [5.41, 5.74) is 1.14. The van der Waals surface area contributed by atoms with Crippen molar-refractivity contribution in [3.05, 3.63) is 35.7 Å². The number of ether oxygens (including phenoxy) is 1. The fourth-order valence-corrected chi connectivity index (χ4v) is 2.00. The smallest absolute Gasteiger partial charge is 0.225 e. The standard InChI is InChI=1S/C12H13NOS/c1-9(2)14-11-8-15-12(13-11)10-6-4-3-5-7-10/h3-9H,1-2H3. The van der Waals surface area contributed by atoms with Gasteiger partial charge in [0.25, 0.3) is 0 Å². The van der Waals surface area contributed by atoms with E-state index in [0.29, 0.717) is 5.88 Å². The Kier molecular flexibility index (Phi) is 3.02. The van der Waals surface area contributed by atoms with Gasteiger partial charge in [-0.2, -0.15) is 0 Å². The van der Waals surface area contributed by atoms with Crippen molar-refractivity contribution in [3.63, 3.8) is 0 Å². The van der Waals surface area contributed by atoms with Crippen molar-refractivity contribution in [1.29, 1.82) is 0 Å². The summed E-state index contributed by atoms with van der Waals surface area (Å²) in [6, 6.07) is 10.1. The number of benzene rings is 1. The van der Waals surface area contributed by atoms with E-state index in [2.05, 4.69) is 17.1 Å². The van der Waals surface area contributed by atoms with Crippen LogP contribution in [0, 0.1) is 0 Å². The van der Waals surface area contributed by atoms with Crippen LogP contribution in [0.15, 0.2) is 35.7 Å². The summed E-state index contributed by atoms with van der Waals surface area (Å²) >= 11 is 1.61. The normalized spacial score (nSPS) is 10.6. The lowest BCUT2D eigenvalue weighted by Gasteiger charge is -2.04. The average Bonchev–Trinajstić information content (AvgIpc) is 2.67. The third kappa shape index (κ3) is 2.57. The number of rotatable bonds is 3. The molecule has 0 unspecified atom stereocenters. The van der Waals surface area contributed by atoms with E-state index in [-0.39, 0.29) is 6.10 Å². The molecule has 0 radical (unpaired) electrons. The number of hydrogen-bond donors (Lipinski definition) is 0. The molecule has 0 saturated carbocycles. The van der Waals surface area contributed by atoms with Crippen LogP contribution in [0.4, 0.5) is 0 Å². The molecule has 15 heavy (non-hydrogen) atoms. The number of thiazole rings is 1. The maximum atomic E-state index is 5.52. The van der Waals surface area contributed by atoms with Gasteiger partial charge < -0.3 is 4.74 Å². The summed E-state index contributed by atoms with van der Waals surface area (Å²) in [6.45, 7) is 4.00. The van der Waals surface area contributed by atoms with Crippen molar-refractivity contribution < 1.29 is 4.74 Å². The molecule has 0 N–H and O–H groups in total. The molecule has 2 aromatic rings. The zero-order chi connectivity index (χ0) is 10.7. The van der Waals surface area contributed by atoms with Gasteiger partial charge in [-0.15, -0.1) is 11.3 Å². The SMILES string of the molecule is CC(C)Oc1csc(-c2ccccc2)n1. The van der Waals surface area contributed by atoms with Crippen LogP contribution in [-0.2, 0) is 0 Å². The molecule has 78 valence electrons. The van der Waals surface area contributed by atoms with Gasteiger partial charge in [-0.25, -0.2) is 4.98 Å². The molecule has 0 saturated heterocycles. The van der Waals surface area contributed by atoms with Gasteiger partial charge in [0, 0.05) is 5.56 Å². The van der Waals surface area contributed by atoms with E-state index >= 15 is 0 Å². The molecule has 1 heterocycles. The molecule has 0 bridgehead atoms. The average molecular weight is 219 g/mol. The van der Waals surface area contributed by atoms with Crippen LogP contribution < -0.4 is 4.74 Å². The molecule has 0 atom stereocenters. The van der Waals surface area contributed by atoms with Crippen molar-refractivity contribution in [2.24, 2.45) is 0 Å². The molecule has 3 heteroatoms. The highest BCUT2D eigenvalue weighted by Crippen LogP contribution is 2.26. The molecule has 1 aromatic heterocycles. The fourth-order valence-electron chi connectivity index (χ4n) is 1.27. The lowest BCUT2D eigenvalue weighted by atomic mass is 10.2. The van der Waals surface area contributed by atoms with Gasteiger partial charge in [-0.3, -0.25) is 0 Å². The minimum atomic E-state index is 0.177.